The molecule has 0 unspecified atom stereocenters. The second kappa shape index (κ2) is 6.34. The van der Waals surface area contributed by atoms with Gasteiger partial charge in [0, 0.05) is 5.39 Å². The van der Waals surface area contributed by atoms with Gasteiger partial charge in [0.05, 0.1) is 16.8 Å². The van der Waals surface area contributed by atoms with E-state index in [-0.39, 0.29) is 12.8 Å². The minimum Gasteiger partial charge on any atom is -0.343 e. The highest BCUT2D eigenvalue weighted by Gasteiger charge is 2.44. The Balaban J connectivity index is 1.75. The number of piperidine rings is 1. The van der Waals surface area contributed by atoms with Gasteiger partial charge in [0.25, 0.3) is 5.91 Å². The summed E-state index contributed by atoms with van der Waals surface area (Å²) in [4.78, 5) is 28.7. The average molecular weight is 351 g/mol. The molecule has 2 N–H and O–H groups in total. The number of nitrogens with zero attached hydrogens (tertiary/aromatic N) is 1. The molecule has 25 heavy (non-hydrogen) atoms. The van der Waals surface area contributed by atoms with Gasteiger partial charge in [-0.2, -0.15) is 13.2 Å². The van der Waals surface area contributed by atoms with Gasteiger partial charge in [0.15, 0.2) is 0 Å². The monoisotopic (exact) mass is 351 g/mol. The van der Waals surface area contributed by atoms with Gasteiger partial charge >= 0.3 is 6.18 Å². The molecule has 0 radical (unpaired) electrons. The number of fused-ring (bicyclic) bond motifs is 1. The van der Waals surface area contributed by atoms with Crippen LogP contribution in [0.4, 0.5) is 13.2 Å². The largest absolute Gasteiger partial charge is 0.408 e. The molecule has 8 heteroatoms. The Hall–Kier alpha value is -2.64. The Morgan fingerprint density at radius 3 is 2.68 bits per heavy atom. The molecule has 1 aliphatic heterocycles. The molecule has 1 aromatic heterocycles. The van der Waals surface area contributed by atoms with E-state index in [1.165, 1.54) is 0 Å². The number of hydrogen-bond donors (Lipinski definition) is 2. The first kappa shape index (κ1) is 17.2. The summed E-state index contributed by atoms with van der Waals surface area (Å²) in [7, 11) is 0. The Kier molecular flexibility index (Phi) is 4.36. The number of rotatable bonds is 2. The molecule has 2 atom stereocenters. The maximum atomic E-state index is 12.7. The molecular formula is C17H16F3N3O2. The zero-order valence-corrected chi connectivity index (χ0v) is 13.4. The van der Waals surface area contributed by atoms with Crippen molar-refractivity contribution in [3.8, 4) is 0 Å². The van der Waals surface area contributed by atoms with Crippen LogP contribution in [0.1, 0.15) is 28.9 Å². The molecule has 0 bridgehead atoms. The Bertz CT molecular complexity index is 835. The SMILES string of the molecule is Cc1nc2ccccc2cc1C(=O)N[C@@H]1CC[C@H](C(F)(F)F)NC1=O. The van der Waals surface area contributed by atoms with Crippen LogP contribution in [0.5, 0.6) is 0 Å². The van der Waals surface area contributed by atoms with E-state index >= 15 is 0 Å². The first-order valence-electron chi connectivity index (χ1n) is 7.80. The highest BCUT2D eigenvalue weighted by atomic mass is 19.4. The van der Waals surface area contributed by atoms with Crippen LogP contribution in [0.3, 0.4) is 0 Å². The standard InChI is InChI=1S/C17H16F3N3O2/c1-9-11(8-10-4-2-3-5-12(10)21-9)15(24)22-13-6-7-14(17(18,19)20)23-16(13)25/h2-5,8,13-14H,6-7H2,1H3,(H,22,24)(H,23,25)/t13-,14-/m1/s1. The number of carbonyl (C=O) groups excluding carboxylic acids is 2. The molecule has 2 aromatic rings. The number of aromatic nitrogens is 1. The van der Waals surface area contributed by atoms with E-state index in [9.17, 15) is 22.8 Å². The van der Waals surface area contributed by atoms with E-state index in [0.717, 1.165) is 10.9 Å². The first-order valence-corrected chi connectivity index (χ1v) is 7.80. The fourth-order valence-corrected chi connectivity index (χ4v) is 2.87. The minimum atomic E-state index is -4.48. The minimum absolute atomic E-state index is 0.0677. The fourth-order valence-electron chi connectivity index (χ4n) is 2.87. The van der Waals surface area contributed by atoms with Crippen LogP contribution in [0, 0.1) is 6.92 Å². The van der Waals surface area contributed by atoms with Gasteiger partial charge in [0.1, 0.15) is 12.1 Å². The summed E-state index contributed by atoms with van der Waals surface area (Å²) in [5.41, 5.74) is 1.52. The number of pyridine rings is 1. The smallest absolute Gasteiger partial charge is 0.343 e. The molecule has 5 nitrogen and oxygen atoms in total. The van der Waals surface area contributed by atoms with E-state index in [4.69, 9.17) is 0 Å². The fraction of sp³-hybridized carbons (Fsp3) is 0.353. The summed E-state index contributed by atoms with van der Waals surface area (Å²) >= 11 is 0. The lowest BCUT2D eigenvalue weighted by Crippen LogP contribution is -2.57. The van der Waals surface area contributed by atoms with E-state index in [2.05, 4.69) is 10.3 Å². The molecular weight excluding hydrogens is 335 g/mol. The third-order valence-electron chi connectivity index (χ3n) is 4.24. The normalized spacial score (nSPS) is 21.0. The van der Waals surface area contributed by atoms with Crippen LogP contribution >= 0.6 is 0 Å². The maximum Gasteiger partial charge on any atom is 0.408 e. The average Bonchev–Trinajstić information content (AvgIpc) is 2.55. The van der Waals surface area contributed by atoms with E-state index in [1.54, 1.807) is 19.1 Å². The number of carbonyl (C=O) groups is 2. The van der Waals surface area contributed by atoms with Gasteiger partial charge in [-0.05, 0) is 31.9 Å². The zero-order valence-electron chi connectivity index (χ0n) is 13.4. The number of alkyl halides is 3. The van der Waals surface area contributed by atoms with Crippen molar-refractivity contribution in [2.45, 2.75) is 38.0 Å². The van der Waals surface area contributed by atoms with Crippen molar-refractivity contribution < 1.29 is 22.8 Å². The molecule has 1 aromatic carbocycles. The van der Waals surface area contributed by atoms with Crippen LogP contribution in [0.2, 0.25) is 0 Å². The van der Waals surface area contributed by atoms with Crippen LogP contribution in [-0.2, 0) is 4.79 Å². The number of nitrogens with one attached hydrogen (secondary N) is 2. The number of amides is 2. The van der Waals surface area contributed by atoms with Crippen molar-refractivity contribution in [3.05, 3.63) is 41.6 Å². The Morgan fingerprint density at radius 1 is 1.28 bits per heavy atom. The van der Waals surface area contributed by atoms with Crippen LogP contribution in [0.25, 0.3) is 10.9 Å². The number of benzene rings is 1. The quantitative estimate of drug-likeness (QED) is 0.873. The molecule has 2 heterocycles. The van der Waals surface area contributed by atoms with Gasteiger partial charge in [-0.25, -0.2) is 0 Å². The molecule has 3 rings (SSSR count). The van der Waals surface area contributed by atoms with Gasteiger partial charge in [-0.15, -0.1) is 0 Å². The lowest BCUT2D eigenvalue weighted by molar-refractivity contribution is -0.168. The first-order chi connectivity index (χ1) is 11.8. The third-order valence-corrected chi connectivity index (χ3v) is 4.24. The topological polar surface area (TPSA) is 71.1 Å². The van der Waals surface area contributed by atoms with Crippen LogP contribution in [-0.4, -0.2) is 35.1 Å². The van der Waals surface area contributed by atoms with Crippen molar-refractivity contribution in [1.82, 2.24) is 15.6 Å². The van der Waals surface area contributed by atoms with Crippen molar-refractivity contribution in [3.63, 3.8) is 0 Å². The van der Waals surface area contributed by atoms with Gasteiger partial charge in [-0.3, -0.25) is 14.6 Å². The Labute approximate surface area is 141 Å². The summed E-state index contributed by atoms with van der Waals surface area (Å²) in [5.74, 6) is -1.35. The highest BCUT2D eigenvalue weighted by molar-refractivity contribution is 6.01. The Morgan fingerprint density at radius 2 is 2.00 bits per heavy atom. The van der Waals surface area contributed by atoms with Gasteiger partial charge < -0.3 is 10.6 Å². The predicted octanol–water partition coefficient (Wildman–Crippen LogP) is 2.48. The summed E-state index contributed by atoms with van der Waals surface area (Å²) < 4.78 is 38.0. The van der Waals surface area contributed by atoms with Crippen LogP contribution < -0.4 is 10.6 Å². The van der Waals surface area contributed by atoms with E-state index in [1.807, 2.05) is 23.5 Å². The molecule has 1 saturated heterocycles. The van der Waals surface area contributed by atoms with Crippen LogP contribution in [0.15, 0.2) is 30.3 Å². The molecule has 0 saturated carbocycles. The van der Waals surface area contributed by atoms with Crippen molar-refractivity contribution in [2.24, 2.45) is 0 Å². The van der Waals surface area contributed by atoms with E-state index < -0.39 is 30.1 Å². The lowest BCUT2D eigenvalue weighted by atomic mass is 9.99. The van der Waals surface area contributed by atoms with Gasteiger partial charge in [-0.1, -0.05) is 18.2 Å². The molecule has 1 aliphatic rings. The predicted molar refractivity (Wildman–Crippen MR) is 85.0 cm³/mol. The number of para-hydroxylation sites is 1. The third kappa shape index (κ3) is 3.57. The van der Waals surface area contributed by atoms with E-state index in [0.29, 0.717) is 11.3 Å². The molecule has 132 valence electrons. The molecule has 1 fully saturated rings. The second-order valence-corrected chi connectivity index (χ2v) is 6.02. The lowest BCUT2D eigenvalue weighted by Gasteiger charge is -2.30. The molecule has 2 amide bonds. The number of aryl methyl sites for hydroxylation is 1. The summed E-state index contributed by atoms with van der Waals surface area (Å²) in [5, 5.41) is 5.18. The molecule has 0 aliphatic carbocycles. The summed E-state index contributed by atoms with van der Waals surface area (Å²) in [6, 6.07) is 6.07. The zero-order chi connectivity index (χ0) is 18.2. The molecule has 0 spiro atoms. The highest BCUT2D eigenvalue weighted by Crippen LogP contribution is 2.26. The van der Waals surface area contributed by atoms with Gasteiger partial charge in [0.2, 0.25) is 5.91 Å². The van der Waals surface area contributed by atoms with Crippen molar-refractivity contribution in [2.75, 3.05) is 0 Å². The maximum absolute atomic E-state index is 12.7. The summed E-state index contributed by atoms with van der Waals surface area (Å²) in [6.45, 7) is 1.67. The number of halogens is 3. The van der Waals surface area contributed by atoms with Crippen molar-refractivity contribution in [1.29, 1.82) is 0 Å². The van der Waals surface area contributed by atoms with Crippen molar-refractivity contribution >= 4 is 22.7 Å². The number of hydrogen-bond acceptors (Lipinski definition) is 3. The second-order valence-electron chi connectivity index (χ2n) is 6.02. The summed E-state index contributed by atoms with van der Waals surface area (Å²) in [6.07, 6.45) is -4.82.